The number of para-hydroxylation sites is 3. The van der Waals surface area contributed by atoms with Gasteiger partial charge < -0.3 is 4.57 Å². The van der Waals surface area contributed by atoms with Gasteiger partial charge in [-0.25, -0.2) is 4.68 Å². The second kappa shape index (κ2) is 8.54. The number of pyridine rings is 1. The molecule has 0 fully saturated rings. The van der Waals surface area contributed by atoms with Crippen LogP contribution in [0.2, 0.25) is 0 Å². The van der Waals surface area contributed by atoms with Gasteiger partial charge in [-0.2, -0.15) is 9.89 Å². The fourth-order valence-corrected chi connectivity index (χ4v) is 6.67. The number of hydrogen-bond donors (Lipinski definition) is 0. The van der Waals surface area contributed by atoms with Crippen LogP contribution >= 0.6 is 0 Å². The van der Waals surface area contributed by atoms with E-state index in [0.717, 1.165) is 34.1 Å². The monoisotopic (exact) mass is 527 g/mol. The molecule has 1 unspecified atom stereocenters. The van der Waals surface area contributed by atoms with Gasteiger partial charge in [-0.15, -0.1) is 0 Å². The number of hydrogen-bond acceptors (Lipinski definition) is 2. The molecule has 0 bridgehead atoms. The van der Waals surface area contributed by atoms with Crippen molar-refractivity contribution in [3.63, 3.8) is 0 Å². The van der Waals surface area contributed by atoms with Crippen molar-refractivity contribution in [1.82, 2.24) is 24.1 Å². The van der Waals surface area contributed by atoms with E-state index in [1.807, 2.05) is 23.3 Å². The summed E-state index contributed by atoms with van der Waals surface area (Å²) in [5.41, 5.74) is 8.12. The maximum Gasteiger partial charge on any atom is 0.0928 e. The molecule has 4 aromatic heterocycles. The number of aromatic nitrogens is 5. The number of fused-ring (bicyclic) bond motifs is 7. The highest BCUT2D eigenvalue weighted by Gasteiger charge is 2.22. The lowest BCUT2D eigenvalue weighted by molar-refractivity contribution is 0.639. The second-order valence-electron chi connectivity index (χ2n) is 10.8. The maximum absolute atomic E-state index is 4.86. The summed E-state index contributed by atoms with van der Waals surface area (Å²) in [5, 5.41) is 10.9. The molecule has 0 amide bonds. The quantitative estimate of drug-likeness (QED) is 0.231. The molecule has 0 N–H and O–H groups in total. The summed E-state index contributed by atoms with van der Waals surface area (Å²) in [5.74, 6) is 0.234. The first-order valence-corrected chi connectivity index (χ1v) is 14.0. The zero-order chi connectivity index (χ0) is 26.9. The number of nitrogens with zero attached hydrogens (tertiary/aromatic N) is 5. The van der Waals surface area contributed by atoms with E-state index in [9.17, 15) is 0 Å². The van der Waals surface area contributed by atoms with Crippen LogP contribution in [-0.4, -0.2) is 24.1 Å². The highest BCUT2D eigenvalue weighted by Crippen LogP contribution is 2.41. The first kappa shape index (κ1) is 22.4. The van der Waals surface area contributed by atoms with Crippen LogP contribution in [0.25, 0.3) is 60.2 Å². The normalized spacial score (nSPS) is 15.5. The van der Waals surface area contributed by atoms with Crippen molar-refractivity contribution in [2.24, 2.45) is 0 Å². The fraction of sp³-hybridized carbons (Fsp3) is 0.0556. The van der Waals surface area contributed by atoms with Crippen molar-refractivity contribution < 1.29 is 0 Å². The molecule has 194 valence electrons. The summed E-state index contributed by atoms with van der Waals surface area (Å²) in [6.07, 6.45) is 11.4. The third kappa shape index (κ3) is 3.23. The Bertz CT molecular complexity index is 2350. The fourth-order valence-electron chi connectivity index (χ4n) is 6.67. The number of rotatable bonds is 3. The van der Waals surface area contributed by atoms with Gasteiger partial charge in [-0.3, -0.25) is 4.98 Å². The largest absolute Gasteiger partial charge is 0.313 e. The van der Waals surface area contributed by atoms with Crippen molar-refractivity contribution in [3.8, 4) is 0 Å². The van der Waals surface area contributed by atoms with Crippen LogP contribution in [0.4, 0.5) is 0 Å². The van der Waals surface area contributed by atoms with Crippen LogP contribution < -0.4 is 0 Å². The highest BCUT2D eigenvalue weighted by molar-refractivity contribution is 6.19. The van der Waals surface area contributed by atoms with Crippen LogP contribution in [0.15, 0.2) is 134 Å². The summed E-state index contributed by atoms with van der Waals surface area (Å²) in [6, 6.07) is 36.7. The lowest BCUT2D eigenvalue weighted by Gasteiger charge is -2.20. The van der Waals surface area contributed by atoms with Crippen molar-refractivity contribution in [2.45, 2.75) is 12.3 Å². The molecular weight excluding hydrogens is 502 g/mol. The third-order valence-corrected chi connectivity index (χ3v) is 8.50. The topological polar surface area (TPSA) is 40.6 Å². The summed E-state index contributed by atoms with van der Waals surface area (Å²) in [4.78, 5) is 6.71. The first-order valence-electron chi connectivity index (χ1n) is 14.0. The molecular formula is C36H25N5. The summed E-state index contributed by atoms with van der Waals surface area (Å²) < 4.78 is 4.72. The standard InChI is InChI=1S/C36H25N5/c1-4-16-32-25(10-1)23-38-41(32)40-34-18-6-3-14-28(34)30-21-29-27-13-2-5-17-33(27)39(35(29)22-36(30)40)26-12-9-11-24(20-26)31-15-7-8-19-37-31/h1-19,21-24H,20H2. The van der Waals surface area contributed by atoms with Gasteiger partial charge in [-0.1, -0.05) is 72.8 Å². The molecule has 4 heterocycles. The smallest absolute Gasteiger partial charge is 0.0928 e. The van der Waals surface area contributed by atoms with Crippen LogP contribution in [0.3, 0.4) is 0 Å². The molecule has 5 nitrogen and oxygen atoms in total. The zero-order valence-corrected chi connectivity index (χ0v) is 22.2. The van der Waals surface area contributed by atoms with Gasteiger partial charge in [0.2, 0.25) is 0 Å². The summed E-state index contributed by atoms with van der Waals surface area (Å²) >= 11 is 0. The van der Waals surface area contributed by atoms with E-state index in [4.69, 9.17) is 5.10 Å². The Balaban J connectivity index is 1.36. The van der Waals surface area contributed by atoms with E-state index < -0.39 is 0 Å². The Morgan fingerprint density at radius 2 is 1.37 bits per heavy atom. The first-order chi connectivity index (χ1) is 20.3. The molecule has 1 aliphatic rings. The summed E-state index contributed by atoms with van der Waals surface area (Å²) in [7, 11) is 0. The van der Waals surface area contributed by atoms with Crippen LogP contribution in [0.5, 0.6) is 0 Å². The molecule has 0 saturated heterocycles. The Labute approximate surface area is 235 Å². The predicted molar refractivity (Wildman–Crippen MR) is 168 cm³/mol. The SMILES string of the molecule is C1=CC(c2ccccn2)CC(n2c3ccccc3c3cc4c5ccccc5n(-n5ncc6ccccc65)c4cc32)=C1. The van der Waals surface area contributed by atoms with Crippen molar-refractivity contribution in [1.29, 1.82) is 0 Å². The molecule has 5 heteroatoms. The minimum absolute atomic E-state index is 0.234. The van der Waals surface area contributed by atoms with Crippen molar-refractivity contribution >= 4 is 60.2 Å². The number of allylic oxidation sites excluding steroid dienone is 4. The van der Waals surface area contributed by atoms with E-state index in [0.29, 0.717) is 0 Å². The Kier molecular flexibility index (Phi) is 4.66. The second-order valence-corrected chi connectivity index (χ2v) is 10.8. The Hall–Kier alpha value is -5.42. The van der Waals surface area contributed by atoms with Crippen molar-refractivity contribution in [2.75, 3.05) is 0 Å². The molecule has 0 radical (unpaired) electrons. The Morgan fingerprint density at radius 3 is 2.22 bits per heavy atom. The van der Waals surface area contributed by atoms with E-state index in [-0.39, 0.29) is 5.92 Å². The minimum atomic E-state index is 0.234. The molecule has 41 heavy (non-hydrogen) atoms. The minimum Gasteiger partial charge on any atom is -0.313 e. The van der Waals surface area contributed by atoms with E-state index >= 15 is 0 Å². The average Bonchev–Trinajstić information content (AvgIpc) is 3.70. The van der Waals surface area contributed by atoms with Gasteiger partial charge in [0, 0.05) is 50.4 Å². The van der Waals surface area contributed by atoms with Crippen LogP contribution in [0, 0.1) is 0 Å². The Morgan fingerprint density at radius 1 is 0.634 bits per heavy atom. The molecule has 0 saturated carbocycles. The molecule has 0 spiro atoms. The van der Waals surface area contributed by atoms with Gasteiger partial charge >= 0.3 is 0 Å². The van der Waals surface area contributed by atoms with E-state index in [2.05, 4.69) is 130 Å². The molecule has 1 atom stereocenters. The third-order valence-electron chi connectivity index (χ3n) is 8.50. The molecule has 4 aromatic carbocycles. The highest BCUT2D eigenvalue weighted by atomic mass is 15.6. The maximum atomic E-state index is 4.86. The average molecular weight is 528 g/mol. The lowest BCUT2D eigenvalue weighted by atomic mass is 9.94. The molecule has 0 aliphatic heterocycles. The predicted octanol–water partition coefficient (Wildman–Crippen LogP) is 8.54. The van der Waals surface area contributed by atoms with E-state index in [1.54, 1.807) is 0 Å². The van der Waals surface area contributed by atoms with Gasteiger partial charge in [0.25, 0.3) is 0 Å². The summed E-state index contributed by atoms with van der Waals surface area (Å²) in [6.45, 7) is 0. The van der Waals surface area contributed by atoms with Gasteiger partial charge in [0.1, 0.15) is 0 Å². The van der Waals surface area contributed by atoms with Gasteiger partial charge in [-0.05, 0) is 55.0 Å². The molecule has 1 aliphatic carbocycles. The number of benzene rings is 4. The van der Waals surface area contributed by atoms with Crippen LogP contribution in [-0.2, 0) is 0 Å². The molecule has 9 rings (SSSR count). The van der Waals surface area contributed by atoms with E-state index in [1.165, 1.54) is 38.3 Å². The van der Waals surface area contributed by atoms with Gasteiger partial charge in [0.15, 0.2) is 0 Å². The van der Waals surface area contributed by atoms with Gasteiger partial charge in [0.05, 0.1) is 33.8 Å². The van der Waals surface area contributed by atoms with Crippen molar-refractivity contribution in [3.05, 3.63) is 139 Å². The van der Waals surface area contributed by atoms with Crippen LogP contribution in [0.1, 0.15) is 18.0 Å². The zero-order valence-electron chi connectivity index (χ0n) is 22.2. The lowest BCUT2D eigenvalue weighted by Crippen LogP contribution is -2.10. The molecule has 8 aromatic rings.